The molecule has 0 aromatic heterocycles. The number of hydrogen-bond donors (Lipinski definition) is 1. The van der Waals surface area contributed by atoms with Crippen molar-refractivity contribution in [1.82, 2.24) is 0 Å². The molecule has 2 aromatic carbocycles. The summed E-state index contributed by atoms with van der Waals surface area (Å²) in [5.74, 6) is -1.23. The van der Waals surface area contributed by atoms with Crippen LogP contribution >= 0.6 is 11.6 Å². The molecule has 0 unspecified atom stereocenters. The van der Waals surface area contributed by atoms with E-state index in [2.05, 4.69) is 10.1 Å². The van der Waals surface area contributed by atoms with Crippen LogP contribution in [0.1, 0.15) is 15.9 Å². The van der Waals surface area contributed by atoms with Crippen molar-refractivity contribution in [3.05, 3.63) is 70.3 Å². The van der Waals surface area contributed by atoms with Crippen molar-refractivity contribution in [2.45, 2.75) is 0 Å². The Kier molecular flexibility index (Phi) is 5.72. The third-order valence-corrected chi connectivity index (χ3v) is 3.49. The van der Waals surface area contributed by atoms with Gasteiger partial charge in [0.05, 0.1) is 18.4 Å². The van der Waals surface area contributed by atoms with E-state index in [4.69, 9.17) is 11.6 Å². The largest absolute Gasteiger partial charge is 0.465 e. The molecule has 0 fully saturated rings. The molecular weight excluding hydrogens is 328 g/mol. The fourth-order valence-electron chi connectivity index (χ4n) is 1.97. The molecule has 0 aliphatic heterocycles. The highest BCUT2D eigenvalue weighted by atomic mass is 35.5. The number of rotatable bonds is 4. The Hall–Kier alpha value is -3.10. The SMILES string of the molecule is COC(=O)c1ccccc1NC(=O)/C(C#N)=C/c1ccccc1Cl. The van der Waals surface area contributed by atoms with Crippen molar-refractivity contribution in [1.29, 1.82) is 5.26 Å². The Labute approximate surface area is 144 Å². The van der Waals surface area contributed by atoms with E-state index in [9.17, 15) is 14.9 Å². The quantitative estimate of drug-likeness (QED) is 0.523. The van der Waals surface area contributed by atoms with E-state index in [-0.39, 0.29) is 16.8 Å². The van der Waals surface area contributed by atoms with Crippen LogP contribution in [0.15, 0.2) is 54.1 Å². The first-order chi connectivity index (χ1) is 11.6. The molecule has 0 atom stereocenters. The van der Waals surface area contributed by atoms with Gasteiger partial charge in [-0.25, -0.2) is 4.79 Å². The normalized spacial score (nSPS) is 10.6. The highest BCUT2D eigenvalue weighted by Gasteiger charge is 2.16. The third kappa shape index (κ3) is 4.00. The Morgan fingerprint density at radius 3 is 2.50 bits per heavy atom. The van der Waals surface area contributed by atoms with Crippen LogP contribution in [0.4, 0.5) is 5.69 Å². The molecule has 0 radical (unpaired) electrons. The van der Waals surface area contributed by atoms with Gasteiger partial charge in [-0.3, -0.25) is 4.79 Å². The zero-order chi connectivity index (χ0) is 17.5. The number of hydrogen-bond acceptors (Lipinski definition) is 4. The van der Waals surface area contributed by atoms with E-state index in [0.717, 1.165) is 0 Å². The van der Waals surface area contributed by atoms with Crippen LogP contribution in [0, 0.1) is 11.3 Å². The van der Waals surface area contributed by atoms with Crippen molar-refractivity contribution >= 4 is 35.2 Å². The molecule has 24 heavy (non-hydrogen) atoms. The maximum atomic E-state index is 12.3. The summed E-state index contributed by atoms with van der Waals surface area (Å²) < 4.78 is 4.67. The van der Waals surface area contributed by atoms with Crippen molar-refractivity contribution in [2.24, 2.45) is 0 Å². The number of esters is 1. The predicted molar refractivity (Wildman–Crippen MR) is 91.5 cm³/mol. The first-order valence-corrected chi connectivity index (χ1v) is 7.29. The first kappa shape index (κ1) is 17.3. The van der Waals surface area contributed by atoms with Gasteiger partial charge in [-0.2, -0.15) is 5.26 Å². The minimum Gasteiger partial charge on any atom is -0.465 e. The fraction of sp³-hybridized carbons (Fsp3) is 0.0556. The zero-order valence-electron chi connectivity index (χ0n) is 12.7. The molecule has 1 N–H and O–H groups in total. The lowest BCUT2D eigenvalue weighted by Crippen LogP contribution is -2.16. The molecule has 0 saturated heterocycles. The number of para-hydroxylation sites is 1. The maximum absolute atomic E-state index is 12.3. The highest BCUT2D eigenvalue weighted by Crippen LogP contribution is 2.20. The summed E-state index contributed by atoms with van der Waals surface area (Å²) in [5.41, 5.74) is 0.868. The van der Waals surface area contributed by atoms with Gasteiger partial charge in [0, 0.05) is 5.02 Å². The Balaban J connectivity index is 2.31. The summed E-state index contributed by atoms with van der Waals surface area (Å²) in [7, 11) is 1.25. The van der Waals surface area contributed by atoms with Crippen molar-refractivity contribution < 1.29 is 14.3 Å². The van der Waals surface area contributed by atoms with Crippen molar-refractivity contribution in [3.8, 4) is 6.07 Å². The van der Waals surface area contributed by atoms with E-state index in [0.29, 0.717) is 10.6 Å². The van der Waals surface area contributed by atoms with Crippen molar-refractivity contribution in [2.75, 3.05) is 12.4 Å². The van der Waals surface area contributed by atoms with Gasteiger partial charge in [0.25, 0.3) is 5.91 Å². The predicted octanol–water partition coefficient (Wildman–Crippen LogP) is 3.67. The second kappa shape index (κ2) is 7.95. The molecule has 0 saturated carbocycles. The summed E-state index contributed by atoms with van der Waals surface area (Å²) in [5, 5.41) is 12.2. The number of nitriles is 1. The number of methoxy groups -OCH3 is 1. The minimum absolute atomic E-state index is 0.136. The molecule has 0 heterocycles. The van der Waals surface area contributed by atoms with E-state index in [1.807, 2.05) is 6.07 Å². The number of nitrogens with one attached hydrogen (secondary N) is 1. The number of benzene rings is 2. The minimum atomic E-state index is -0.645. The molecule has 2 aromatic rings. The summed E-state index contributed by atoms with van der Waals surface area (Å²) >= 11 is 6.03. The lowest BCUT2D eigenvalue weighted by atomic mass is 10.1. The zero-order valence-corrected chi connectivity index (χ0v) is 13.5. The van der Waals surface area contributed by atoms with Crippen molar-refractivity contribution in [3.63, 3.8) is 0 Å². The summed E-state index contributed by atoms with van der Waals surface area (Å²) in [6.45, 7) is 0. The van der Waals surface area contributed by atoms with Gasteiger partial charge in [0.15, 0.2) is 0 Å². The lowest BCUT2D eigenvalue weighted by molar-refractivity contribution is -0.112. The Morgan fingerprint density at radius 2 is 1.83 bits per heavy atom. The summed E-state index contributed by atoms with van der Waals surface area (Å²) in [4.78, 5) is 24.0. The number of carbonyl (C=O) groups excluding carboxylic acids is 2. The van der Waals surface area contributed by atoms with Gasteiger partial charge in [-0.15, -0.1) is 0 Å². The molecule has 6 heteroatoms. The summed E-state index contributed by atoms with van der Waals surface area (Å²) in [6.07, 6.45) is 1.39. The molecule has 5 nitrogen and oxygen atoms in total. The molecule has 1 amide bonds. The number of halogens is 1. The van der Waals surface area contributed by atoms with E-state index in [1.54, 1.807) is 42.5 Å². The topological polar surface area (TPSA) is 79.2 Å². The number of anilines is 1. The van der Waals surface area contributed by atoms with Crippen LogP contribution in [-0.2, 0) is 9.53 Å². The van der Waals surface area contributed by atoms with Crippen LogP contribution in [-0.4, -0.2) is 19.0 Å². The second-order valence-electron chi connectivity index (χ2n) is 4.68. The van der Waals surface area contributed by atoms with Crippen LogP contribution < -0.4 is 5.32 Å². The van der Waals surface area contributed by atoms with Gasteiger partial charge < -0.3 is 10.1 Å². The average molecular weight is 341 g/mol. The second-order valence-corrected chi connectivity index (χ2v) is 5.09. The third-order valence-electron chi connectivity index (χ3n) is 3.15. The first-order valence-electron chi connectivity index (χ1n) is 6.92. The van der Waals surface area contributed by atoms with E-state index in [1.165, 1.54) is 19.3 Å². The fourth-order valence-corrected chi connectivity index (χ4v) is 2.16. The summed E-state index contributed by atoms with van der Waals surface area (Å²) in [6, 6.07) is 15.1. The molecule has 0 bridgehead atoms. The standard InChI is InChI=1S/C18H13ClN2O3/c1-24-18(23)14-7-3-5-9-16(14)21-17(22)13(11-20)10-12-6-2-4-8-15(12)19/h2-10H,1H3,(H,21,22)/b13-10+. The smallest absolute Gasteiger partial charge is 0.339 e. The molecule has 2 rings (SSSR count). The number of ether oxygens (including phenoxy) is 1. The number of carbonyl (C=O) groups is 2. The van der Waals surface area contributed by atoms with Crippen LogP contribution in [0.3, 0.4) is 0 Å². The van der Waals surface area contributed by atoms with Crippen LogP contribution in [0.2, 0.25) is 5.02 Å². The van der Waals surface area contributed by atoms with Crippen LogP contribution in [0.25, 0.3) is 6.08 Å². The van der Waals surface area contributed by atoms with Gasteiger partial charge >= 0.3 is 5.97 Å². The van der Waals surface area contributed by atoms with Gasteiger partial charge in [-0.05, 0) is 29.8 Å². The molecule has 0 spiro atoms. The van der Waals surface area contributed by atoms with E-state index >= 15 is 0 Å². The number of amides is 1. The Morgan fingerprint density at radius 1 is 1.17 bits per heavy atom. The molecule has 0 aliphatic carbocycles. The van der Waals surface area contributed by atoms with Gasteiger partial charge in [0.1, 0.15) is 11.6 Å². The lowest BCUT2D eigenvalue weighted by Gasteiger charge is -2.09. The van der Waals surface area contributed by atoms with Crippen LogP contribution in [0.5, 0.6) is 0 Å². The maximum Gasteiger partial charge on any atom is 0.339 e. The molecule has 0 aliphatic rings. The van der Waals surface area contributed by atoms with Gasteiger partial charge in [-0.1, -0.05) is 41.9 Å². The Bertz CT molecular complexity index is 853. The monoisotopic (exact) mass is 340 g/mol. The average Bonchev–Trinajstić information content (AvgIpc) is 2.60. The molecular formula is C18H13ClN2O3. The highest BCUT2D eigenvalue weighted by molar-refractivity contribution is 6.32. The van der Waals surface area contributed by atoms with Gasteiger partial charge in [0.2, 0.25) is 0 Å². The number of nitrogens with zero attached hydrogens (tertiary/aromatic N) is 1. The van der Waals surface area contributed by atoms with E-state index < -0.39 is 11.9 Å². The molecule has 120 valence electrons.